The molecule has 0 amide bonds. The summed E-state index contributed by atoms with van der Waals surface area (Å²) < 4.78 is 0. The number of hydrogen-bond donors (Lipinski definition) is 2. The predicted molar refractivity (Wildman–Crippen MR) is 78.0 cm³/mol. The highest BCUT2D eigenvalue weighted by atomic mass is 35.5. The third kappa shape index (κ3) is 3.71. The van der Waals surface area contributed by atoms with E-state index in [1.165, 1.54) is 0 Å². The maximum Gasteiger partial charge on any atom is 0.0499 e. The summed E-state index contributed by atoms with van der Waals surface area (Å²) in [4.78, 5) is 0. The van der Waals surface area contributed by atoms with Crippen molar-refractivity contribution in [3.63, 3.8) is 0 Å². The standard InChI is InChI=1S/C15H24ClNO/c1-4-15(5-2,11-18)10-17-12(3)13-8-6-7-9-14(13)16/h6-9,12,17-18H,4-5,10-11H2,1-3H3. The Morgan fingerprint density at radius 2 is 1.89 bits per heavy atom. The molecule has 0 radical (unpaired) electrons. The van der Waals surface area contributed by atoms with Gasteiger partial charge in [0.05, 0.1) is 0 Å². The second-order valence-corrected chi connectivity index (χ2v) is 5.40. The van der Waals surface area contributed by atoms with Gasteiger partial charge in [-0.1, -0.05) is 43.6 Å². The third-order valence-corrected chi connectivity index (χ3v) is 4.33. The van der Waals surface area contributed by atoms with E-state index in [2.05, 4.69) is 26.1 Å². The molecule has 0 bridgehead atoms. The van der Waals surface area contributed by atoms with Crippen LogP contribution in [-0.4, -0.2) is 18.3 Å². The first-order valence-corrected chi connectivity index (χ1v) is 7.05. The van der Waals surface area contributed by atoms with Gasteiger partial charge in [0.15, 0.2) is 0 Å². The van der Waals surface area contributed by atoms with Crippen LogP contribution in [0.4, 0.5) is 0 Å². The molecule has 3 heteroatoms. The number of nitrogens with one attached hydrogen (secondary N) is 1. The molecular weight excluding hydrogens is 246 g/mol. The topological polar surface area (TPSA) is 32.3 Å². The maximum absolute atomic E-state index is 9.55. The Balaban J connectivity index is 2.66. The van der Waals surface area contributed by atoms with E-state index in [-0.39, 0.29) is 18.1 Å². The Morgan fingerprint density at radius 3 is 2.39 bits per heavy atom. The van der Waals surface area contributed by atoms with Crippen molar-refractivity contribution >= 4 is 11.6 Å². The van der Waals surface area contributed by atoms with Gasteiger partial charge in [-0.05, 0) is 31.4 Å². The Bertz CT molecular complexity index is 355. The summed E-state index contributed by atoms with van der Waals surface area (Å²) in [5.41, 5.74) is 1.09. The van der Waals surface area contributed by atoms with E-state index in [9.17, 15) is 5.11 Å². The summed E-state index contributed by atoms with van der Waals surface area (Å²) >= 11 is 6.18. The second-order valence-electron chi connectivity index (χ2n) is 4.99. The minimum atomic E-state index is -0.0183. The van der Waals surface area contributed by atoms with E-state index in [4.69, 9.17) is 11.6 Å². The summed E-state index contributed by atoms with van der Waals surface area (Å²) in [6.07, 6.45) is 1.95. The van der Waals surface area contributed by atoms with E-state index in [0.717, 1.165) is 30.0 Å². The molecule has 1 atom stereocenters. The van der Waals surface area contributed by atoms with Crippen molar-refractivity contribution in [1.29, 1.82) is 0 Å². The zero-order valence-electron chi connectivity index (χ0n) is 11.5. The summed E-state index contributed by atoms with van der Waals surface area (Å²) in [5, 5.41) is 13.8. The van der Waals surface area contributed by atoms with E-state index in [0.29, 0.717) is 0 Å². The molecule has 18 heavy (non-hydrogen) atoms. The van der Waals surface area contributed by atoms with Crippen molar-refractivity contribution in [3.05, 3.63) is 34.9 Å². The third-order valence-electron chi connectivity index (χ3n) is 3.99. The van der Waals surface area contributed by atoms with Gasteiger partial charge in [0, 0.05) is 29.6 Å². The lowest BCUT2D eigenvalue weighted by molar-refractivity contribution is 0.110. The summed E-state index contributed by atoms with van der Waals surface area (Å²) in [5.74, 6) is 0. The average molecular weight is 270 g/mol. The zero-order chi connectivity index (χ0) is 13.6. The fraction of sp³-hybridized carbons (Fsp3) is 0.600. The first-order chi connectivity index (χ1) is 8.58. The van der Waals surface area contributed by atoms with E-state index in [1.807, 2.05) is 24.3 Å². The molecule has 1 unspecified atom stereocenters. The van der Waals surface area contributed by atoms with Gasteiger partial charge in [-0.2, -0.15) is 0 Å². The summed E-state index contributed by atoms with van der Waals surface area (Å²) in [6, 6.07) is 8.09. The van der Waals surface area contributed by atoms with E-state index >= 15 is 0 Å². The van der Waals surface area contributed by atoms with Crippen LogP contribution >= 0.6 is 11.6 Å². The van der Waals surface area contributed by atoms with Gasteiger partial charge in [0.25, 0.3) is 0 Å². The molecule has 0 heterocycles. The van der Waals surface area contributed by atoms with E-state index in [1.54, 1.807) is 0 Å². The van der Waals surface area contributed by atoms with Gasteiger partial charge in [-0.25, -0.2) is 0 Å². The molecule has 1 rings (SSSR count). The number of aliphatic hydroxyl groups is 1. The molecular formula is C15H24ClNO. The van der Waals surface area contributed by atoms with Crippen molar-refractivity contribution in [1.82, 2.24) is 5.32 Å². The van der Waals surface area contributed by atoms with Crippen LogP contribution < -0.4 is 5.32 Å². The molecule has 2 nitrogen and oxygen atoms in total. The predicted octanol–water partition coefficient (Wildman–Crippen LogP) is 3.79. The maximum atomic E-state index is 9.55. The zero-order valence-corrected chi connectivity index (χ0v) is 12.3. The van der Waals surface area contributed by atoms with Crippen molar-refractivity contribution in [3.8, 4) is 0 Å². The SMILES string of the molecule is CCC(CC)(CO)CNC(C)c1ccccc1Cl. The Labute approximate surface area is 115 Å². The minimum Gasteiger partial charge on any atom is -0.396 e. The van der Waals surface area contributed by atoms with Crippen LogP contribution in [0.15, 0.2) is 24.3 Å². The summed E-state index contributed by atoms with van der Waals surface area (Å²) in [7, 11) is 0. The molecule has 0 aliphatic heterocycles. The molecule has 2 N–H and O–H groups in total. The van der Waals surface area contributed by atoms with Gasteiger partial charge in [-0.15, -0.1) is 0 Å². The molecule has 0 aromatic heterocycles. The average Bonchev–Trinajstić information content (AvgIpc) is 2.41. The molecule has 102 valence electrons. The largest absolute Gasteiger partial charge is 0.396 e. The molecule has 0 fully saturated rings. The van der Waals surface area contributed by atoms with Crippen LogP contribution in [0.25, 0.3) is 0 Å². The summed E-state index contributed by atoms with van der Waals surface area (Å²) in [6.45, 7) is 7.39. The van der Waals surface area contributed by atoms with Crippen LogP contribution in [0.5, 0.6) is 0 Å². The van der Waals surface area contributed by atoms with Gasteiger partial charge < -0.3 is 10.4 Å². The van der Waals surface area contributed by atoms with Gasteiger partial charge in [0.1, 0.15) is 0 Å². The molecule has 1 aromatic carbocycles. The van der Waals surface area contributed by atoms with Crippen molar-refractivity contribution in [2.75, 3.05) is 13.2 Å². The Hall–Kier alpha value is -0.570. The first kappa shape index (κ1) is 15.5. The molecule has 1 aromatic rings. The molecule has 0 aliphatic carbocycles. The number of aliphatic hydroxyl groups excluding tert-OH is 1. The smallest absolute Gasteiger partial charge is 0.0499 e. The normalized spacial score (nSPS) is 13.6. The fourth-order valence-electron chi connectivity index (χ4n) is 2.09. The lowest BCUT2D eigenvalue weighted by Gasteiger charge is -2.31. The van der Waals surface area contributed by atoms with Crippen LogP contribution in [0.2, 0.25) is 5.02 Å². The molecule has 0 saturated heterocycles. The lowest BCUT2D eigenvalue weighted by Crippen LogP contribution is -2.37. The van der Waals surface area contributed by atoms with Gasteiger partial charge >= 0.3 is 0 Å². The van der Waals surface area contributed by atoms with Crippen LogP contribution in [-0.2, 0) is 0 Å². The monoisotopic (exact) mass is 269 g/mol. The highest BCUT2D eigenvalue weighted by Gasteiger charge is 2.25. The fourth-order valence-corrected chi connectivity index (χ4v) is 2.38. The Kier molecular flexibility index (Phi) is 6.13. The lowest BCUT2D eigenvalue weighted by atomic mass is 9.83. The first-order valence-electron chi connectivity index (χ1n) is 6.67. The van der Waals surface area contributed by atoms with E-state index < -0.39 is 0 Å². The highest BCUT2D eigenvalue weighted by molar-refractivity contribution is 6.31. The van der Waals surface area contributed by atoms with Crippen molar-refractivity contribution < 1.29 is 5.11 Å². The van der Waals surface area contributed by atoms with Gasteiger partial charge in [-0.3, -0.25) is 0 Å². The number of benzene rings is 1. The van der Waals surface area contributed by atoms with Crippen molar-refractivity contribution in [2.45, 2.75) is 39.7 Å². The quantitative estimate of drug-likeness (QED) is 0.789. The minimum absolute atomic E-state index is 0.0183. The van der Waals surface area contributed by atoms with Crippen LogP contribution in [0.1, 0.15) is 45.2 Å². The van der Waals surface area contributed by atoms with Crippen molar-refractivity contribution in [2.24, 2.45) is 5.41 Å². The number of halogens is 1. The Morgan fingerprint density at radius 1 is 1.28 bits per heavy atom. The highest BCUT2D eigenvalue weighted by Crippen LogP contribution is 2.27. The van der Waals surface area contributed by atoms with Crippen LogP contribution in [0, 0.1) is 5.41 Å². The van der Waals surface area contributed by atoms with Gasteiger partial charge in [0.2, 0.25) is 0 Å². The number of rotatable bonds is 7. The van der Waals surface area contributed by atoms with Crippen LogP contribution in [0.3, 0.4) is 0 Å². The molecule has 0 saturated carbocycles. The molecule has 0 spiro atoms. The number of hydrogen-bond acceptors (Lipinski definition) is 2. The second kappa shape index (κ2) is 7.13. The molecule has 0 aliphatic rings.